The molecule has 1 aliphatic rings. The van der Waals surface area contributed by atoms with Crippen LogP contribution in [0.3, 0.4) is 0 Å². The topological polar surface area (TPSA) is 66.3 Å². The third kappa shape index (κ3) is 8.06. The molecule has 26 heavy (non-hydrogen) atoms. The largest absolute Gasteiger partial charge is 0.491 e. The number of likely N-dealkylation sites (N-methyl/N-ethyl adjacent to an activating group) is 1. The maximum absolute atomic E-state index is 10.2. The van der Waals surface area contributed by atoms with E-state index in [0.717, 1.165) is 42.9 Å². The molecule has 0 spiro atoms. The average molecular weight is 364 g/mol. The van der Waals surface area contributed by atoms with Gasteiger partial charge in [-0.1, -0.05) is 12.1 Å². The summed E-state index contributed by atoms with van der Waals surface area (Å²) in [6, 6.07) is 7.80. The molecule has 1 aliphatic carbocycles. The van der Waals surface area contributed by atoms with Crippen molar-refractivity contribution in [2.45, 2.75) is 32.8 Å². The molecule has 6 nitrogen and oxygen atoms in total. The first-order valence-corrected chi connectivity index (χ1v) is 9.53. The number of guanidine groups is 1. The van der Waals surface area contributed by atoms with Gasteiger partial charge in [0.15, 0.2) is 5.96 Å². The second kappa shape index (κ2) is 11.0. The van der Waals surface area contributed by atoms with Crippen LogP contribution in [0.25, 0.3) is 0 Å². The summed E-state index contributed by atoms with van der Waals surface area (Å²) in [6.45, 7) is 7.68. The number of benzene rings is 1. The Kier molecular flexibility index (Phi) is 8.71. The molecule has 6 heteroatoms. The van der Waals surface area contributed by atoms with E-state index in [0.29, 0.717) is 13.2 Å². The lowest BCUT2D eigenvalue weighted by molar-refractivity contribution is 0.111. The number of nitrogens with one attached hydrogen (secondary N) is 1. The Morgan fingerprint density at radius 2 is 2.23 bits per heavy atom. The van der Waals surface area contributed by atoms with Gasteiger partial charge in [0, 0.05) is 26.7 Å². The van der Waals surface area contributed by atoms with Gasteiger partial charge in [0.2, 0.25) is 0 Å². The molecule has 0 bridgehead atoms. The van der Waals surface area contributed by atoms with Crippen molar-refractivity contribution >= 4 is 5.96 Å². The number of ether oxygens (including phenoxy) is 2. The monoisotopic (exact) mass is 363 g/mol. The van der Waals surface area contributed by atoms with Crippen LogP contribution in [-0.4, -0.2) is 68.6 Å². The van der Waals surface area contributed by atoms with E-state index in [1.807, 2.05) is 50.1 Å². The Hall–Kier alpha value is -1.79. The van der Waals surface area contributed by atoms with Gasteiger partial charge in [-0.25, -0.2) is 0 Å². The van der Waals surface area contributed by atoms with Crippen molar-refractivity contribution in [3.8, 4) is 5.75 Å². The molecule has 1 saturated carbocycles. The van der Waals surface area contributed by atoms with Gasteiger partial charge in [0.05, 0.1) is 13.2 Å². The van der Waals surface area contributed by atoms with Crippen molar-refractivity contribution in [3.63, 3.8) is 0 Å². The lowest BCUT2D eigenvalue weighted by Crippen LogP contribution is -2.41. The van der Waals surface area contributed by atoms with Gasteiger partial charge in [-0.05, 0) is 50.3 Å². The summed E-state index contributed by atoms with van der Waals surface area (Å²) in [5.41, 5.74) is 1.13. The van der Waals surface area contributed by atoms with Crippen LogP contribution in [0.4, 0.5) is 0 Å². The molecule has 0 saturated heterocycles. The molecular formula is C20H33N3O3. The molecule has 2 rings (SSSR count). The Morgan fingerprint density at radius 1 is 1.42 bits per heavy atom. The van der Waals surface area contributed by atoms with Crippen LogP contribution >= 0.6 is 0 Å². The summed E-state index contributed by atoms with van der Waals surface area (Å²) < 4.78 is 11.3. The summed E-state index contributed by atoms with van der Waals surface area (Å²) >= 11 is 0. The minimum Gasteiger partial charge on any atom is -0.491 e. The Balaban J connectivity index is 1.72. The maximum Gasteiger partial charge on any atom is 0.193 e. The quantitative estimate of drug-likeness (QED) is 0.358. The van der Waals surface area contributed by atoms with E-state index in [4.69, 9.17) is 9.47 Å². The molecule has 0 aliphatic heterocycles. The van der Waals surface area contributed by atoms with Crippen molar-refractivity contribution in [1.82, 2.24) is 10.2 Å². The van der Waals surface area contributed by atoms with Crippen LogP contribution in [0.15, 0.2) is 29.3 Å². The molecule has 1 aromatic rings. The molecule has 2 N–H and O–H groups in total. The number of aliphatic hydroxyl groups excluding tert-OH is 1. The number of aliphatic imine (C=N–C) groups is 1. The van der Waals surface area contributed by atoms with E-state index >= 15 is 0 Å². The van der Waals surface area contributed by atoms with Crippen molar-refractivity contribution < 1.29 is 14.6 Å². The van der Waals surface area contributed by atoms with Crippen LogP contribution in [0.2, 0.25) is 0 Å². The second-order valence-electron chi connectivity index (χ2n) is 6.92. The highest BCUT2D eigenvalue weighted by Crippen LogP contribution is 2.28. The fraction of sp³-hybridized carbons (Fsp3) is 0.650. The van der Waals surface area contributed by atoms with Crippen molar-refractivity contribution in [1.29, 1.82) is 0 Å². The van der Waals surface area contributed by atoms with Crippen LogP contribution in [0.1, 0.15) is 25.3 Å². The maximum atomic E-state index is 10.2. The van der Waals surface area contributed by atoms with Crippen LogP contribution < -0.4 is 10.1 Å². The van der Waals surface area contributed by atoms with E-state index in [2.05, 4.69) is 10.3 Å². The molecule has 1 atom stereocenters. The van der Waals surface area contributed by atoms with E-state index in [1.165, 1.54) is 12.8 Å². The van der Waals surface area contributed by atoms with E-state index in [-0.39, 0.29) is 6.61 Å². The SMILES string of the molecule is CCNC(=NCC(O)COc1cccc(C)c1)N(C)CCOCC1CC1. The van der Waals surface area contributed by atoms with Crippen molar-refractivity contribution in [3.05, 3.63) is 29.8 Å². The molecular weight excluding hydrogens is 330 g/mol. The minimum absolute atomic E-state index is 0.223. The molecule has 1 aromatic carbocycles. The molecule has 1 fully saturated rings. The molecule has 0 amide bonds. The molecule has 1 unspecified atom stereocenters. The van der Waals surface area contributed by atoms with Gasteiger partial charge in [-0.3, -0.25) is 4.99 Å². The van der Waals surface area contributed by atoms with Crippen molar-refractivity contribution in [2.24, 2.45) is 10.9 Å². The second-order valence-corrected chi connectivity index (χ2v) is 6.92. The summed E-state index contributed by atoms with van der Waals surface area (Å²) in [4.78, 5) is 6.55. The summed E-state index contributed by atoms with van der Waals surface area (Å²) in [5.74, 6) is 2.33. The van der Waals surface area contributed by atoms with Gasteiger partial charge in [-0.15, -0.1) is 0 Å². The van der Waals surface area contributed by atoms with Gasteiger partial charge in [-0.2, -0.15) is 0 Å². The predicted octanol–water partition coefficient (Wildman–Crippen LogP) is 2.06. The summed E-state index contributed by atoms with van der Waals surface area (Å²) in [5, 5.41) is 13.4. The number of rotatable bonds is 11. The molecule has 0 heterocycles. The third-order valence-corrected chi connectivity index (χ3v) is 4.20. The summed E-state index contributed by atoms with van der Waals surface area (Å²) in [6.07, 6.45) is 1.97. The third-order valence-electron chi connectivity index (χ3n) is 4.20. The van der Waals surface area contributed by atoms with Gasteiger partial charge in [0.25, 0.3) is 0 Å². The molecule has 0 radical (unpaired) electrons. The minimum atomic E-state index is -0.649. The van der Waals surface area contributed by atoms with Crippen LogP contribution in [0, 0.1) is 12.8 Å². The number of aliphatic hydroxyl groups is 1. The lowest BCUT2D eigenvalue weighted by atomic mass is 10.2. The zero-order valence-electron chi connectivity index (χ0n) is 16.3. The Labute approximate surface area is 157 Å². The smallest absolute Gasteiger partial charge is 0.193 e. The normalized spacial score (nSPS) is 15.6. The van der Waals surface area contributed by atoms with Crippen LogP contribution in [-0.2, 0) is 4.74 Å². The van der Waals surface area contributed by atoms with E-state index in [9.17, 15) is 5.11 Å². The summed E-state index contributed by atoms with van der Waals surface area (Å²) in [7, 11) is 1.98. The first-order chi connectivity index (χ1) is 12.6. The number of nitrogens with zero attached hydrogens (tertiary/aromatic N) is 2. The number of hydrogen-bond donors (Lipinski definition) is 2. The molecule has 146 valence electrons. The Morgan fingerprint density at radius 3 is 2.92 bits per heavy atom. The van der Waals surface area contributed by atoms with E-state index < -0.39 is 6.10 Å². The van der Waals surface area contributed by atoms with Gasteiger partial charge in [0.1, 0.15) is 18.5 Å². The van der Waals surface area contributed by atoms with E-state index in [1.54, 1.807) is 0 Å². The first kappa shape index (κ1) is 20.5. The van der Waals surface area contributed by atoms with Crippen LogP contribution in [0.5, 0.6) is 5.75 Å². The molecule has 0 aromatic heterocycles. The predicted molar refractivity (Wildman–Crippen MR) is 105 cm³/mol. The Bertz CT molecular complexity index is 561. The van der Waals surface area contributed by atoms with Gasteiger partial charge < -0.3 is 24.8 Å². The number of aryl methyl sites for hydroxylation is 1. The highest BCUT2D eigenvalue weighted by atomic mass is 16.5. The standard InChI is InChI=1S/C20H33N3O3/c1-4-21-20(23(3)10-11-25-14-17-8-9-17)22-13-18(24)15-26-19-7-5-6-16(2)12-19/h5-7,12,17-18,24H,4,8-11,13-15H2,1-3H3,(H,21,22). The number of hydrogen-bond acceptors (Lipinski definition) is 4. The lowest BCUT2D eigenvalue weighted by Gasteiger charge is -2.22. The first-order valence-electron chi connectivity index (χ1n) is 9.53. The highest BCUT2D eigenvalue weighted by molar-refractivity contribution is 5.79. The fourth-order valence-electron chi connectivity index (χ4n) is 2.45. The zero-order valence-corrected chi connectivity index (χ0v) is 16.3. The van der Waals surface area contributed by atoms with Crippen molar-refractivity contribution in [2.75, 3.05) is 46.5 Å². The van der Waals surface area contributed by atoms with Gasteiger partial charge >= 0.3 is 0 Å². The highest BCUT2D eigenvalue weighted by Gasteiger charge is 2.21. The zero-order chi connectivity index (χ0) is 18.8. The average Bonchev–Trinajstić information content (AvgIpc) is 3.44. The fourth-order valence-corrected chi connectivity index (χ4v) is 2.45.